The van der Waals surface area contributed by atoms with Crippen molar-refractivity contribution in [1.29, 1.82) is 0 Å². The lowest BCUT2D eigenvalue weighted by molar-refractivity contribution is -0.133. The average Bonchev–Trinajstić information content (AvgIpc) is 2.24. The Bertz CT molecular complexity index is 188. The van der Waals surface area contributed by atoms with E-state index >= 15 is 0 Å². The van der Waals surface area contributed by atoms with Crippen LogP contribution >= 0.6 is 0 Å². The summed E-state index contributed by atoms with van der Waals surface area (Å²) < 4.78 is 9.97. The Morgan fingerprint density at radius 3 is 2.50 bits per heavy atom. The summed E-state index contributed by atoms with van der Waals surface area (Å²) in [5.74, 6) is 0.354. The number of nitrogens with zero attached hydrogens (tertiary/aromatic N) is 1. The van der Waals surface area contributed by atoms with Crippen LogP contribution in [0.2, 0.25) is 0 Å². The van der Waals surface area contributed by atoms with E-state index in [4.69, 9.17) is 15.2 Å². The number of carbonyl (C=O) groups excluding carboxylic acids is 1. The van der Waals surface area contributed by atoms with E-state index in [0.29, 0.717) is 39.3 Å². The molecule has 96 valence electrons. The maximum atomic E-state index is 11.9. The van der Waals surface area contributed by atoms with Crippen LogP contribution in [0.5, 0.6) is 0 Å². The number of hydrogen-bond acceptors (Lipinski definition) is 4. The van der Waals surface area contributed by atoms with Crippen molar-refractivity contribution >= 4 is 5.91 Å². The molecule has 0 aliphatic rings. The van der Waals surface area contributed by atoms with Gasteiger partial charge in [0.2, 0.25) is 5.91 Å². The molecule has 2 N–H and O–H groups in total. The van der Waals surface area contributed by atoms with Gasteiger partial charge in [0.25, 0.3) is 0 Å². The molecule has 0 spiro atoms. The van der Waals surface area contributed by atoms with Crippen molar-refractivity contribution in [1.82, 2.24) is 4.90 Å². The maximum absolute atomic E-state index is 11.9. The zero-order valence-electron chi connectivity index (χ0n) is 10.6. The van der Waals surface area contributed by atoms with E-state index in [9.17, 15) is 4.79 Å². The van der Waals surface area contributed by atoms with Gasteiger partial charge in [-0.15, -0.1) is 0 Å². The Morgan fingerprint density at radius 1 is 1.31 bits per heavy atom. The highest BCUT2D eigenvalue weighted by Gasteiger charge is 2.15. The van der Waals surface area contributed by atoms with Crippen LogP contribution in [0.3, 0.4) is 0 Å². The van der Waals surface area contributed by atoms with Gasteiger partial charge in [0.05, 0.1) is 6.61 Å². The van der Waals surface area contributed by atoms with Gasteiger partial charge in [-0.25, -0.2) is 0 Å². The molecule has 1 unspecified atom stereocenters. The van der Waals surface area contributed by atoms with Crippen molar-refractivity contribution in [3.05, 3.63) is 0 Å². The Morgan fingerprint density at radius 2 is 2.00 bits per heavy atom. The van der Waals surface area contributed by atoms with Crippen molar-refractivity contribution < 1.29 is 14.3 Å². The van der Waals surface area contributed by atoms with Gasteiger partial charge in [-0.2, -0.15) is 0 Å². The number of nitrogens with two attached hydrogens (primary N) is 1. The predicted molar refractivity (Wildman–Crippen MR) is 63.2 cm³/mol. The number of methoxy groups -OCH3 is 2. The minimum absolute atomic E-state index is 0.118. The zero-order valence-corrected chi connectivity index (χ0v) is 10.6. The molecule has 0 rings (SSSR count). The molecular weight excluding hydrogens is 208 g/mol. The fourth-order valence-corrected chi connectivity index (χ4v) is 1.49. The Hall–Kier alpha value is -0.650. The third-order valence-electron chi connectivity index (χ3n) is 2.29. The second kappa shape index (κ2) is 9.57. The lowest BCUT2D eigenvalue weighted by atomic mass is 10.1. The van der Waals surface area contributed by atoms with Crippen LogP contribution in [0, 0.1) is 5.92 Å². The molecule has 0 aromatic heterocycles. The number of carbonyl (C=O) groups is 1. The number of amides is 1. The van der Waals surface area contributed by atoms with E-state index in [2.05, 4.69) is 0 Å². The standard InChI is InChI=1S/C11H24N2O3/c1-10(9-16-3)8-11(14)13(5-4-12)6-7-15-2/h10H,4-9,12H2,1-3H3. The average molecular weight is 232 g/mol. The van der Waals surface area contributed by atoms with E-state index in [1.54, 1.807) is 19.1 Å². The summed E-state index contributed by atoms with van der Waals surface area (Å²) in [5.41, 5.74) is 5.47. The lowest BCUT2D eigenvalue weighted by Crippen LogP contribution is -2.38. The van der Waals surface area contributed by atoms with Gasteiger partial charge in [0.1, 0.15) is 0 Å². The molecule has 5 heteroatoms. The Kier molecular flexibility index (Phi) is 9.18. The number of ether oxygens (including phenoxy) is 2. The summed E-state index contributed by atoms with van der Waals surface area (Å²) in [6.45, 7) is 4.82. The topological polar surface area (TPSA) is 64.8 Å². The minimum atomic E-state index is 0.118. The summed E-state index contributed by atoms with van der Waals surface area (Å²) >= 11 is 0. The summed E-state index contributed by atoms with van der Waals surface area (Å²) in [4.78, 5) is 13.6. The molecule has 5 nitrogen and oxygen atoms in total. The highest BCUT2D eigenvalue weighted by atomic mass is 16.5. The fraction of sp³-hybridized carbons (Fsp3) is 0.909. The first-order chi connectivity index (χ1) is 7.65. The smallest absolute Gasteiger partial charge is 0.223 e. The largest absolute Gasteiger partial charge is 0.384 e. The maximum Gasteiger partial charge on any atom is 0.223 e. The molecule has 0 saturated heterocycles. The molecule has 0 aromatic carbocycles. The van der Waals surface area contributed by atoms with Crippen molar-refractivity contribution in [3.63, 3.8) is 0 Å². The molecule has 1 amide bonds. The van der Waals surface area contributed by atoms with Crippen LogP contribution in [-0.4, -0.2) is 57.9 Å². The van der Waals surface area contributed by atoms with Crippen LogP contribution in [0.15, 0.2) is 0 Å². The van der Waals surface area contributed by atoms with Gasteiger partial charge >= 0.3 is 0 Å². The van der Waals surface area contributed by atoms with Gasteiger partial charge in [-0.3, -0.25) is 4.79 Å². The van der Waals surface area contributed by atoms with Crippen LogP contribution in [0.25, 0.3) is 0 Å². The molecule has 16 heavy (non-hydrogen) atoms. The SMILES string of the molecule is COCCN(CCN)C(=O)CC(C)COC. The fourth-order valence-electron chi connectivity index (χ4n) is 1.49. The van der Waals surface area contributed by atoms with Crippen molar-refractivity contribution in [3.8, 4) is 0 Å². The number of rotatable bonds is 9. The van der Waals surface area contributed by atoms with Crippen molar-refractivity contribution in [2.75, 3.05) is 47.1 Å². The second-order valence-corrected chi connectivity index (χ2v) is 3.93. The molecular formula is C11H24N2O3. The van der Waals surface area contributed by atoms with Crippen LogP contribution < -0.4 is 5.73 Å². The molecule has 0 aliphatic heterocycles. The molecule has 1 atom stereocenters. The molecule has 0 radical (unpaired) electrons. The quantitative estimate of drug-likeness (QED) is 0.612. The molecule has 0 aliphatic carbocycles. The third-order valence-corrected chi connectivity index (χ3v) is 2.29. The predicted octanol–water partition coefficient (Wildman–Crippen LogP) is 0.0927. The molecule has 0 aromatic rings. The first-order valence-electron chi connectivity index (χ1n) is 5.61. The molecule has 0 bridgehead atoms. The van der Waals surface area contributed by atoms with Gasteiger partial charge in [0.15, 0.2) is 0 Å². The lowest BCUT2D eigenvalue weighted by Gasteiger charge is -2.23. The molecule has 0 saturated carbocycles. The molecule has 0 heterocycles. The highest BCUT2D eigenvalue weighted by Crippen LogP contribution is 2.05. The first-order valence-corrected chi connectivity index (χ1v) is 5.61. The molecule has 0 fully saturated rings. The highest BCUT2D eigenvalue weighted by molar-refractivity contribution is 5.76. The third kappa shape index (κ3) is 6.76. The van der Waals surface area contributed by atoms with E-state index in [0.717, 1.165) is 0 Å². The van der Waals surface area contributed by atoms with E-state index in [1.165, 1.54) is 0 Å². The van der Waals surface area contributed by atoms with E-state index < -0.39 is 0 Å². The summed E-state index contributed by atoms with van der Waals surface area (Å²) in [7, 11) is 3.27. The van der Waals surface area contributed by atoms with Crippen molar-refractivity contribution in [2.24, 2.45) is 11.7 Å². The Labute approximate surface area is 97.9 Å². The van der Waals surface area contributed by atoms with Crippen LogP contribution in [-0.2, 0) is 14.3 Å². The van der Waals surface area contributed by atoms with Crippen molar-refractivity contribution in [2.45, 2.75) is 13.3 Å². The summed E-state index contributed by atoms with van der Waals surface area (Å²) in [6, 6.07) is 0. The Balaban J connectivity index is 4.04. The zero-order chi connectivity index (χ0) is 12.4. The summed E-state index contributed by atoms with van der Waals surface area (Å²) in [5, 5.41) is 0. The summed E-state index contributed by atoms with van der Waals surface area (Å²) in [6.07, 6.45) is 0.498. The second-order valence-electron chi connectivity index (χ2n) is 3.93. The number of hydrogen-bond donors (Lipinski definition) is 1. The van der Waals surface area contributed by atoms with Crippen LogP contribution in [0.4, 0.5) is 0 Å². The van der Waals surface area contributed by atoms with E-state index in [-0.39, 0.29) is 11.8 Å². The van der Waals surface area contributed by atoms with Crippen LogP contribution in [0.1, 0.15) is 13.3 Å². The first kappa shape index (κ1) is 15.3. The van der Waals surface area contributed by atoms with Gasteiger partial charge < -0.3 is 20.1 Å². The monoisotopic (exact) mass is 232 g/mol. The van der Waals surface area contributed by atoms with E-state index in [1.807, 2.05) is 6.92 Å². The van der Waals surface area contributed by atoms with Gasteiger partial charge in [-0.1, -0.05) is 6.92 Å². The minimum Gasteiger partial charge on any atom is -0.384 e. The van der Waals surface area contributed by atoms with Gasteiger partial charge in [-0.05, 0) is 5.92 Å². The van der Waals surface area contributed by atoms with Gasteiger partial charge in [0, 0.05) is 46.9 Å². The normalized spacial score (nSPS) is 12.5.